The first-order chi connectivity index (χ1) is 20.3. The molecule has 1 aliphatic rings. The fourth-order valence-electron chi connectivity index (χ4n) is 5.96. The van der Waals surface area contributed by atoms with Gasteiger partial charge >= 0.3 is 5.97 Å². The van der Waals surface area contributed by atoms with Crippen LogP contribution < -0.4 is 9.47 Å². The Balaban J connectivity index is 0.00000184. The Hall–Kier alpha value is -5.29. The molecule has 1 aliphatic carbocycles. The summed E-state index contributed by atoms with van der Waals surface area (Å²) < 4.78 is 11.2. The van der Waals surface area contributed by atoms with Crippen molar-refractivity contribution in [3.8, 4) is 22.6 Å². The topological polar surface area (TPSA) is 69.7 Å². The van der Waals surface area contributed by atoms with Gasteiger partial charge in [-0.25, -0.2) is 4.79 Å². The van der Waals surface area contributed by atoms with Crippen LogP contribution in [0.1, 0.15) is 89.5 Å². The van der Waals surface area contributed by atoms with Crippen molar-refractivity contribution in [2.75, 3.05) is 7.11 Å². The molecule has 0 fully saturated rings. The Labute approximate surface area is 266 Å². The standard InChI is InChI=1S/C37H28O5.3CH4/c1-23(38)25-20-26(24(2)39)22-27(21-25)36(40)42-31-18-14-29(15-19-31)37(28-12-16-30(41-3)17-13-28)34-10-6-4-8-32(34)33-9-5-7-11-35(33)37;;;/h4-22H,1-3H3;3*1H4. The van der Waals surface area contributed by atoms with Crippen molar-refractivity contribution in [3.05, 3.63) is 154 Å². The van der Waals surface area contributed by atoms with E-state index in [1.165, 1.54) is 54.3 Å². The van der Waals surface area contributed by atoms with Crippen molar-refractivity contribution in [2.45, 2.75) is 41.5 Å². The summed E-state index contributed by atoms with van der Waals surface area (Å²) in [6.45, 7) is 2.79. The fourth-order valence-corrected chi connectivity index (χ4v) is 5.96. The van der Waals surface area contributed by atoms with Crippen LogP contribution in [-0.2, 0) is 5.41 Å². The molecule has 5 aromatic rings. The van der Waals surface area contributed by atoms with Crippen LogP contribution in [0.4, 0.5) is 0 Å². The molecule has 5 heteroatoms. The molecular formula is C40H40O5. The molecule has 0 saturated carbocycles. The third kappa shape index (κ3) is 5.82. The number of esters is 1. The Kier molecular flexibility index (Phi) is 10.3. The van der Waals surface area contributed by atoms with E-state index in [0.29, 0.717) is 5.75 Å². The van der Waals surface area contributed by atoms with Crippen LogP contribution in [0.2, 0.25) is 0 Å². The normalized spacial score (nSPS) is 11.8. The number of carbonyl (C=O) groups is 3. The monoisotopic (exact) mass is 600 g/mol. The van der Waals surface area contributed by atoms with Crippen LogP contribution in [-0.4, -0.2) is 24.6 Å². The zero-order valence-electron chi connectivity index (χ0n) is 23.5. The lowest BCUT2D eigenvalue weighted by molar-refractivity contribution is 0.0734. The Bertz CT molecular complexity index is 1770. The lowest BCUT2D eigenvalue weighted by Gasteiger charge is -2.34. The van der Waals surface area contributed by atoms with Gasteiger partial charge in [-0.2, -0.15) is 0 Å². The fraction of sp³-hybridized carbons (Fsp3) is 0.175. The van der Waals surface area contributed by atoms with Crippen LogP contribution in [0.5, 0.6) is 11.5 Å². The largest absolute Gasteiger partial charge is 0.497 e. The second-order valence-corrected chi connectivity index (χ2v) is 10.4. The molecule has 0 amide bonds. The molecule has 0 unspecified atom stereocenters. The Morgan fingerprint density at radius 2 is 0.933 bits per heavy atom. The van der Waals surface area contributed by atoms with E-state index in [4.69, 9.17) is 9.47 Å². The van der Waals surface area contributed by atoms with E-state index in [0.717, 1.165) is 16.9 Å². The number of carbonyl (C=O) groups excluding carboxylic acids is 3. The van der Waals surface area contributed by atoms with Gasteiger partial charge in [-0.3, -0.25) is 9.59 Å². The van der Waals surface area contributed by atoms with Gasteiger partial charge in [0.1, 0.15) is 11.5 Å². The van der Waals surface area contributed by atoms with Crippen LogP contribution in [0, 0.1) is 0 Å². The number of rotatable bonds is 7. The molecule has 0 N–H and O–H groups in total. The number of ether oxygens (including phenoxy) is 2. The summed E-state index contributed by atoms with van der Waals surface area (Å²) in [5.74, 6) is 0.00740. The SMILES string of the molecule is C.C.C.COc1ccc(C2(c3ccc(OC(=O)c4cc(C(C)=O)cc(C(C)=O)c4)cc3)c3ccccc3-c3ccccc32)cc1. The van der Waals surface area contributed by atoms with Gasteiger partial charge in [-0.15, -0.1) is 0 Å². The first-order valence-corrected chi connectivity index (χ1v) is 13.7. The zero-order chi connectivity index (χ0) is 29.4. The van der Waals surface area contributed by atoms with Crippen molar-refractivity contribution in [1.82, 2.24) is 0 Å². The summed E-state index contributed by atoms with van der Waals surface area (Å²) in [7, 11) is 1.66. The highest BCUT2D eigenvalue weighted by Crippen LogP contribution is 2.56. The highest BCUT2D eigenvalue weighted by molar-refractivity contribution is 6.03. The molecule has 5 nitrogen and oxygen atoms in total. The molecule has 6 rings (SSSR count). The lowest BCUT2D eigenvalue weighted by Crippen LogP contribution is -2.28. The summed E-state index contributed by atoms with van der Waals surface area (Å²) in [5, 5.41) is 0. The van der Waals surface area contributed by atoms with Crippen LogP contribution >= 0.6 is 0 Å². The first-order valence-electron chi connectivity index (χ1n) is 13.7. The molecule has 0 saturated heterocycles. The highest BCUT2D eigenvalue weighted by atomic mass is 16.5. The first kappa shape index (κ1) is 34.2. The average Bonchev–Trinajstić information content (AvgIpc) is 3.32. The highest BCUT2D eigenvalue weighted by Gasteiger charge is 2.45. The van der Waals surface area contributed by atoms with Gasteiger partial charge in [0.15, 0.2) is 11.6 Å². The van der Waals surface area contributed by atoms with E-state index < -0.39 is 11.4 Å². The summed E-state index contributed by atoms with van der Waals surface area (Å²) in [5.41, 5.74) is 6.88. The Morgan fingerprint density at radius 1 is 0.533 bits per heavy atom. The molecule has 45 heavy (non-hydrogen) atoms. The summed E-state index contributed by atoms with van der Waals surface area (Å²) in [6.07, 6.45) is 0. The maximum Gasteiger partial charge on any atom is 0.343 e. The van der Waals surface area contributed by atoms with Gasteiger partial charge in [0, 0.05) is 11.1 Å². The predicted molar refractivity (Wildman–Crippen MR) is 182 cm³/mol. The maximum atomic E-state index is 13.1. The van der Waals surface area contributed by atoms with E-state index in [9.17, 15) is 14.4 Å². The van der Waals surface area contributed by atoms with Crippen molar-refractivity contribution in [3.63, 3.8) is 0 Å². The molecule has 0 atom stereocenters. The summed E-state index contributed by atoms with van der Waals surface area (Å²) in [6, 6.07) is 36.9. The van der Waals surface area contributed by atoms with Crippen LogP contribution in [0.25, 0.3) is 11.1 Å². The molecule has 0 aliphatic heterocycles. The van der Waals surface area contributed by atoms with E-state index in [1.54, 1.807) is 19.2 Å². The average molecular weight is 601 g/mol. The van der Waals surface area contributed by atoms with Gasteiger partial charge < -0.3 is 9.47 Å². The minimum Gasteiger partial charge on any atom is -0.497 e. The van der Waals surface area contributed by atoms with E-state index in [-0.39, 0.29) is 50.5 Å². The number of hydrogen-bond donors (Lipinski definition) is 0. The van der Waals surface area contributed by atoms with E-state index >= 15 is 0 Å². The minimum atomic E-state index is -0.644. The molecule has 0 radical (unpaired) electrons. The third-order valence-electron chi connectivity index (χ3n) is 7.95. The quantitative estimate of drug-likeness (QED) is 0.104. The van der Waals surface area contributed by atoms with Gasteiger partial charge in [0.2, 0.25) is 0 Å². The number of fused-ring (bicyclic) bond motifs is 3. The molecule has 230 valence electrons. The smallest absolute Gasteiger partial charge is 0.343 e. The van der Waals surface area contributed by atoms with Crippen LogP contribution in [0.15, 0.2) is 115 Å². The molecular weight excluding hydrogens is 560 g/mol. The molecule has 5 aromatic carbocycles. The van der Waals surface area contributed by atoms with Gasteiger partial charge in [0.05, 0.1) is 18.1 Å². The maximum absolute atomic E-state index is 13.1. The summed E-state index contributed by atoms with van der Waals surface area (Å²) >= 11 is 0. The number of ketones is 2. The molecule has 0 spiro atoms. The van der Waals surface area contributed by atoms with E-state index in [2.05, 4.69) is 60.7 Å². The van der Waals surface area contributed by atoms with Crippen molar-refractivity contribution in [2.24, 2.45) is 0 Å². The minimum absolute atomic E-state index is 0. The van der Waals surface area contributed by atoms with Crippen LogP contribution in [0.3, 0.4) is 0 Å². The second kappa shape index (κ2) is 13.6. The zero-order valence-corrected chi connectivity index (χ0v) is 23.5. The number of hydrogen-bond acceptors (Lipinski definition) is 5. The van der Waals surface area contributed by atoms with E-state index in [1.807, 2.05) is 24.3 Å². The predicted octanol–water partition coefficient (Wildman–Crippen LogP) is 9.59. The number of Topliss-reactive ketones (excluding diaryl/α,β-unsaturated/α-hetero) is 2. The third-order valence-corrected chi connectivity index (χ3v) is 7.95. The van der Waals surface area contributed by atoms with Gasteiger partial charge in [-0.05, 0) is 89.7 Å². The summed E-state index contributed by atoms with van der Waals surface area (Å²) in [4.78, 5) is 37.1. The lowest BCUT2D eigenvalue weighted by atomic mass is 9.68. The van der Waals surface area contributed by atoms with Crippen molar-refractivity contribution < 1.29 is 23.9 Å². The molecule has 0 bridgehead atoms. The van der Waals surface area contributed by atoms with Gasteiger partial charge in [-0.1, -0.05) is 95.1 Å². The van der Waals surface area contributed by atoms with Gasteiger partial charge in [0.25, 0.3) is 0 Å². The molecule has 0 aromatic heterocycles. The molecule has 0 heterocycles. The number of benzene rings is 5. The number of methoxy groups -OCH3 is 1. The Morgan fingerprint density at radius 3 is 1.36 bits per heavy atom. The van der Waals surface area contributed by atoms with Crippen molar-refractivity contribution >= 4 is 17.5 Å². The van der Waals surface area contributed by atoms with Crippen molar-refractivity contribution in [1.29, 1.82) is 0 Å². The second-order valence-electron chi connectivity index (χ2n) is 10.4.